The molecule has 0 saturated carbocycles. The minimum absolute atomic E-state index is 0.818. The first-order valence-electron chi connectivity index (χ1n) is 24.6. The molecule has 0 bridgehead atoms. The largest absolute Gasteiger partial charge is 0.477 e. The molecule has 1 unspecified atom stereocenters. The second kappa shape index (κ2) is 27.1. The molecule has 0 radical (unpaired) electrons. The number of carboxylic acids is 1. The molecule has 6 aliphatic heterocycles. The molecular weight excluding hydrogens is 1070 g/mol. The van der Waals surface area contributed by atoms with E-state index in [-0.39, 0.29) is 0 Å². The van der Waals surface area contributed by atoms with Gasteiger partial charge in [0.1, 0.15) is 134 Å². The minimum Gasteiger partial charge on any atom is -0.477 e. The van der Waals surface area contributed by atoms with Crippen molar-refractivity contribution in [2.24, 2.45) is 0 Å². The van der Waals surface area contributed by atoms with Crippen molar-refractivity contribution in [1.29, 1.82) is 0 Å². The number of aliphatic hydroxyl groups is 18. The quantitative estimate of drug-likeness (QED) is 0.0538. The summed E-state index contributed by atoms with van der Waals surface area (Å²) in [5, 5.41) is 209. The van der Waals surface area contributed by atoms with Gasteiger partial charge in [-0.25, -0.2) is 4.79 Å². The van der Waals surface area contributed by atoms with Crippen molar-refractivity contribution in [2.45, 2.75) is 217 Å². The van der Waals surface area contributed by atoms with E-state index < -0.39 is 247 Å². The smallest absolute Gasteiger partial charge is 0.364 e. The first-order valence-corrected chi connectivity index (χ1v) is 24.6. The summed E-state index contributed by atoms with van der Waals surface area (Å²) in [4.78, 5) is 37.6. The van der Waals surface area contributed by atoms with E-state index >= 15 is 0 Å². The number of ether oxygens (including phenoxy) is 11. The Labute approximate surface area is 441 Å². The standard InChI is InChI=1S/C43H72N2O33/c1-10-21(55)33(75-41-30(64)36(25(59)17(8-49)71-41)78-43(42(66)67)4-13(53)19(44-11(2)51)32(77-43)22(56)14(54)5-46)28(62)39(68-10)73-31-18(9-50)72-38(20(26(31)60)45-12(3)52)74-35-24(58)16(7-48)70-40(29(35)63)76-34-23(57)15(6-47)69-37(65)27(34)61/h10,13-41,46-50,53-65H,4-9H2,1-3H3,(H,44,51)(H,45,52)(H,66,67)/t10-,13-,14-,15+,16+,17+,18+,19+,20+,21+,22-,23+,24-,25-,26+,27+,28-,29+,30+,31+,32+,33+,34-,35-,36-,37?,38-,39+,40-,41-,43+/m0/s1. The van der Waals surface area contributed by atoms with Gasteiger partial charge in [0.05, 0.1) is 51.3 Å². The van der Waals surface area contributed by atoms with Gasteiger partial charge in [0.2, 0.25) is 11.8 Å². The van der Waals surface area contributed by atoms with Gasteiger partial charge in [0, 0.05) is 20.3 Å². The number of nitrogens with one attached hydrogen (secondary N) is 2. The zero-order valence-electron chi connectivity index (χ0n) is 41.8. The van der Waals surface area contributed by atoms with Crippen molar-refractivity contribution >= 4 is 17.8 Å². The molecule has 31 atom stereocenters. The van der Waals surface area contributed by atoms with E-state index in [0.29, 0.717) is 0 Å². The molecule has 6 rings (SSSR count). The van der Waals surface area contributed by atoms with Gasteiger partial charge in [-0.1, -0.05) is 0 Å². The number of carbonyl (C=O) groups is 3. The predicted molar refractivity (Wildman–Crippen MR) is 238 cm³/mol. The van der Waals surface area contributed by atoms with Crippen molar-refractivity contribution in [1.82, 2.24) is 10.6 Å². The summed E-state index contributed by atoms with van der Waals surface area (Å²) < 4.78 is 62.1. The number of amides is 2. The molecule has 0 aromatic heterocycles. The highest BCUT2D eigenvalue weighted by atomic mass is 16.8. The maximum atomic E-state index is 13.0. The average molecular weight is 1150 g/mol. The van der Waals surface area contributed by atoms with Gasteiger partial charge in [-0.3, -0.25) is 9.59 Å². The summed E-state index contributed by atoms with van der Waals surface area (Å²) >= 11 is 0. The van der Waals surface area contributed by atoms with Gasteiger partial charge in [0.15, 0.2) is 31.5 Å². The van der Waals surface area contributed by atoms with Crippen LogP contribution in [0.5, 0.6) is 0 Å². The SMILES string of the molecule is CC(=O)N[C@H]1[C@H](O[C@H]2[C@@H](O)[C@@H](CO)O[C@@H](O[C@H]3[C@H](O)[C@@H](CO)OC(O)[C@@H]3O)[C@@H]2O)O[C@H](CO)[C@@H](O[C@H]2O[C@@H](C)[C@@H](O)[C@@H](O[C@@H]3O[C@H](CO)[C@H](O)[C@H](O[C@@]4(C(=O)O)C[C@H](O)[C@@H](NC(C)=O)[C@H]([C@@H](O)[C@@H](O)CO)O4)[C@H]3O)[C@@H]2O)[C@@H]1O. The predicted octanol–water partition coefficient (Wildman–Crippen LogP) is -13.6. The summed E-state index contributed by atoms with van der Waals surface area (Å²) in [6.45, 7) is -1.97. The van der Waals surface area contributed by atoms with Crippen LogP contribution in [-0.4, -0.2) is 338 Å². The summed E-state index contributed by atoms with van der Waals surface area (Å²) in [6, 6.07) is -3.46. The Balaban J connectivity index is 1.21. The Morgan fingerprint density at radius 1 is 0.526 bits per heavy atom. The van der Waals surface area contributed by atoms with E-state index in [4.69, 9.17) is 52.1 Å². The minimum atomic E-state index is -3.18. The Morgan fingerprint density at radius 3 is 1.45 bits per heavy atom. The zero-order valence-corrected chi connectivity index (χ0v) is 41.8. The van der Waals surface area contributed by atoms with Crippen LogP contribution < -0.4 is 10.6 Å². The highest BCUT2D eigenvalue weighted by molar-refractivity contribution is 5.76. The van der Waals surface area contributed by atoms with Crippen molar-refractivity contribution in [2.75, 3.05) is 33.0 Å². The van der Waals surface area contributed by atoms with E-state index in [9.17, 15) is 111 Å². The molecule has 21 N–H and O–H groups in total. The molecule has 0 aromatic carbocycles. The Hall–Kier alpha value is -2.75. The summed E-state index contributed by atoms with van der Waals surface area (Å²) in [7, 11) is 0. The molecule has 2 amide bonds. The second-order valence-corrected chi connectivity index (χ2v) is 19.6. The fraction of sp³-hybridized carbons (Fsp3) is 0.930. The first kappa shape index (κ1) is 64.4. The van der Waals surface area contributed by atoms with Gasteiger partial charge in [-0.2, -0.15) is 0 Å². The Morgan fingerprint density at radius 2 is 0.949 bits per heavy atom. The lowest BCUT2D eigenvalue weighted by Gasteiger charge is -2.51. The number of aliphatic carboxylic acids is 1. The van der Waals surface area contributed by atoms with Gasteiger partial charge in [-0.15, -0.1) is 0 Å². The molecule has 35 heteroatoms. The molecule has 452 valence electrons. The van der Waals surface area contributed by atoms with Crippen LogP contribution in [0, 0.1) is 0 Å². The highest BCUT2D eigenvalue weighted by Crippen LogP contribution is 2.40. The van der Waals surface area contributed by atoms with Gasteiger partial charge in [-0.05, 0) is 6.92 Å². The van der Waals surface area contributed by atoms with Crippen LogP contribution in [0.3, 0.4) is 0 Å². The topological polar surface area (TPSA) is 561 Å². The van der Waals surface area contributed by atoms with Crippen LogP contribution in [-0.2, 0) is 66.5 Å². The van der Waals surface area contributed by atoms with Crippen molar-refractivity contribution in [3.05, 3.63) is 0 Å². The van der Waals surface area contributed by atoms with E-state index in [0.717, 1.165) is 13.8 Å². The maximum Gasteiger partial charge on any atom is 0.364 e. The zero-order chi connectivity index (χ0) is 58.0. The molecule has 6 heterocycles. The fourth-order valence-electron chi connectivity index (χ4n) is 9.96. The number of carboxylic acid groups (broad SMARTS) is 1. The lowest BCUT2D eigenvalue weighted by molar-refractivity contribution is -0.393. The van der Waals surface area contributed by atoms with Crippen LogP contribution in [0.2, 0.25) is 0 Å². The van der Waals surface area contributed by atoms with Crippen molar-refractivity contribution in [3.8, 4) is 0 Å². The third-order valence-corrected chi connectivity index (χ3v) is 14.2. The summed E-state index contributed by atoms with van der Waals surface area (Å²) in [5.41, 5.74) is 0. The second-order valence-electron chi connectivity index (χ2n) is 19.6. The fourth-order valence-corrected chi connectivity index (χ4v) is 9.96. The van der Waals surface area contributed by atoms with Crippen LogP contribution in [0.25, 0.3) is 0 Å². The highest BCUT2D eigenvalue weighted by Gasteiger charge is 2.61. The van der Waals surface area contributed by atoms with Crippen LogP contribution in [0.1, 0.15) is 27.2 Å². The van der Waals surface area contributed by atoms with Crippen molar-refractivity contribution < 1.29 is 164 Å². The van der Waals surface area contributed by atoms with Gasteiger partial charge < -0.3 is 160 Å². The third-order valence-electron chi connectivity index (χ3n) is 14.2. The normalized spacial score (nSPS) is 48.1. The lowest BCUT2D eigenvalue weighted by Crippen LogP contribution is -2.71. The molecule has 78 heavy (non-hydrogen) atoms. The molecule has 0 aliphatic carbocycles. The number of hydrogen-bond acceptors (Lipinski definition) is 32. The third kappa shape index (κ3) is 13.5. The number of carbonyl (C=O) groups excluding carboxylic acids is 2. The summed E-state index contributed by atoms with van der Waals surface area (Å²) in [6.07, 6.45) is -56.8. The molecule has 6 saturated heterocycles. The average Bonchev–Trinajstić information content (AvgIpc) is 3.45. The maximum absolute atomic E-state index is 13.0. The number of hydrogen-bond donors (Lipinski definition) is 21. The molecule has 35 nitrogen and oxygen atoms in total. The molecular formula is C43H72N2O33. The summed E-state index contributed by atoms with van der Waals surface area (Å²) in [5.74, 6) is -6.94. The van der Waals surface area contributed by atoms with Crippen LogP contribution in [0.4, 0.5) is 0 Å². The van der Waals surface area contributed by atoms with Crippen molar-refractivity contribution in [3.63, 3.8) is 0 Å². The monoisotopic (exact) mass is 1140 g/mol. The van der Waals surface area contributed by atoms with E-state index in [1.54, 1.807) is 0 Å². The molecule has 0 aromatic rings. The Bertz CT molecular complexity index is 1950. The van der Waals surface area contributed by atoms with E-state index in [1.165, 1.54) is 6.92 Å². The van der Waals surface area contributed by atoms with Crippen LogP contribution in [0.15, 0.2) is 0 Å². The van der Waals surface area contributed by atoms with Gasteiger partial charge in [0.25, 0.3) is 5.79 Å². The molecule has 6 aliphatic rings. The Kier molecular flexibility index (Phi) is 22.4. The van der Waals surface area contributed by atoms with Gasteiger partial charge >= 0.3 is 5.97 Å². The number of aliphatic hydroxyl groups excluding tert-OH is 18. The van der Waals surface area contributed by atoms with E-state index in [2.05, 4.69) is 10.6 Å². The first-order chi connectivity index (χ1) is 36.7. The lowest BCUT2D eigenvalue weighted by atomic mass is 9.88. The van der Waals surface area contributed by atoms with Crippen LogP contribution >= 0.6 is 0 Å². The van der Waals surface area contributed by atoms with E-state index in [1.807, 2.05) is 0 Å². The number of rotatable bonds is 20. The molecule has 0 spiro atoms. The molecule has 6 fully saturated rings.